The molecule has 0 fully saturated rings. The smallest absolute Gasteiger partial charge is 0.357 e. The lowest BCUT2D eigenvalue weighted by Gasteiger charge is -2.12. The maximum Gasteiger partial charge on any atom is 0.357 e. The average molecular weight is 353 g/mol. The molecule has 0 unspecified atom stereocenters. The van der Waals surface area contributed by atoms with Crippen molar-refractivity contribution < 1.29 is 14.3 Å². The number of para-hydroxylation sites is 1. The van der Waals surface area contributed by atoms with Crippen molar-refractivity contribution in [3.05, 3.63) is 47.4 Å². The number of fused-ring (bicyclic) bond motifs is 1. The Morgan fingerprint density at radius 1 is 1.27 bits per heavy atom. The lowest BCUT2D eigenvalue weighted by Crippen LogP contribution is -2.12. The zero-order valence-corrected chi connectivity index (χ0v) is 15.7. The fraction of sp³-hybridized carbons (Fsp3) is 0.350. The van der Waals surface area contributed by atoms with Crippen molar-refractivity contribution in [2.45, 2.75) is 33.6 Å². The topological polar surface area (TPSA) is 65.7 Å². The molecule has 2 heterocycles. The molecular weight excluding hydrogens is 330 g/mol. The Hall–Kier alpha value is -2.89. The number of carbonyl (C=O) groups is 1. The van der Waals surface area contributed by atoms with Gasteiger partial charge in [-0.15, -0.1) is 0 Å². The van der Waals surface area contributed by atoms with Crippen LogP contribution >= 0.6 is 0 Å². The highest BCUT2D eigenvalue weighted by Gasteiger charge is 2.22. The van der Waals surface area contributed by atoms with Crippen molar-refractivity contribution in [3.63, 3.8) is 0 Å². The number of nitrogens with zero attached hydrogens (tertiary/aromatic N) is 3. The van der Waals surface area contributed by atoms with E-state index < -0.39 is 5.97 Å². The third kappa shape index (κ3) is 3.03. The molecule has 0 amide bonds. The molecule has 2 aromatic heterocycles. The summed E-state index contributed by atoms with van der Waals surface area (Å²) in [4.78, 5) is 16.9. The maximum absolute atomic E-state index is 12.3. The van der Waals surface area contributed by atoms with Crippen LogP contribution < -0.4 is 4.74 Å². The van der Waals surface area contributed by atoms with E-state index in [1.165, 1.54) is 0 Å². The van der Waals surface area contributed by atoms with Crippen LogP contribution in [0, 0.1) is 6.92 Å². The Morgan fingerprint density at radius 3 is 2.65 bits per heavy atom. The van der Waals surface area contributed by atoms with Gasteiger partial charge in [-0.2, -0.15) is 5.10 Å². The Kier molecular flexibility index (Phi) is 4.93. The average Bonchev–Trinajstić information content (AvgIpc) is 2.96. The first-order valence-corrected chi connectivity index (χ1v) is 8.68. The molecule has 1 aromatic carbocycles. The standard InChI is InChI=1S/C20H23N3O3/c1-6-26-20(24)15-11-16(12(2)3)23-19(21-15)18(13(4)22-23)14-9-7-8-10-17(14)25-5/h7-12H,6H2,1-5H3. The largest absolute Gasteiger partial charge is 0.496 e. The Bertz CT molecular complexity index is 960. The van der Waals surface area contributed by atoms with Crippen LogP contribution in [0.5, 0.6) is 5.75 Å². The minimum absolute atomic E-state index is 0.165. The lowest BCUT2D eigenvalue weighted by atomic mass is 10.0. The Balaban J connectivity index is 2.34. The molecule has 0 saturated carbocycles. The van der Waals surface area contributed by atoms with Gasteiger partial charge in [-0.1, -0.05) is 32.0 Å². The first-order valence-electron chi connectivity index (χ1n) is 8.68. The van der Waals surface area contributed by atoms with E-state index in [4.69, 9.17) is 9.47 Å². The number of hydrogen-bond acceptors (Lipinski definition) is 5. The number of benzene rings is 1. The van der Waals surface area contributed by atoms with Crippen molar-refractivity contribution in [2.24, 2.45) is 0 Å². The zero-order valence-electron chi connectivity index (χ0n) is 15.7. The zero-order chi connectivity index (χ0) is 18.8. The molecule has 0 atom stereocenters. The van der Waals surface area contributed by atoms with E-state index in [2.05, 4.69) is 23.9 Å². The van der Waals surface area contributed by atoms with Gasteiger partial charge in [-0.05, 0) is 31.9 Å². The molecule has 0 N–H and O–H groups in total. The monoisotopic (exact) mass is 353 g/mol. The summed E-state index contributed by atoms with van der Waals surface area (Å²) >= 11 is 0. The number of hydrogen-bond donors (Lipinski definition) is 0. The molecule has 26 heavy (non-hydrogen) atoms. The van der Waals surface area contributed by atoms with E-state index in [-0.39, 0.29) is 5.92 Å². The predicted molar refractivity (Wildman–Crippen MR) is 99.8 cm³/mol. The van der Waals surface area contributed by atoms with E-state index in [1.54, 1.807) is 20.1 Å². The molecule has 0 spiro atoms. The Morgan fingerprint density at radius 2 is 2.00 bits per heavy atom. The number of esters is 1. The van der Waals surface area contributed by atoms with Crippen molar-refractivity contribution >= 4 is 11.6 Å². The summed E-state index contributed by atoms with van der Waals surface area (Å²) in [6.07, 6.45) is 0. The highest BCUT2D eigenvalue weighted by molar-refractivity contribution is 5.90. The van der Waals surface area contributed by atoms with E-state index in [0.29, 0.717) is 17.9 Å². The number of ether oxygens (including phenoxy) is 2. The van der Waals surface area contributed by atoms with Gasteiger partial charge in [-0.25, -0.2) is 14.3 Å². The van der Waals surface area contributed by atoms with Crippen LogP contribution in [0.25, 0.3) is 16.8 Å². The van der Waals surface area contributed by atoms with Gasteiger partial charge in [0, 0.05) is 11.3 Å². The van der Waals surface area contributed by atoms with Crippen molar-refractivity contribution in [3.8, 4) is 16.9 Å². The third-order valence-corrected chi connectivity index (χ3v) is 4.24. The molecule has 0 aliphatic carbocycles. The van der Waals surface area contributed by atoms with E-state index in [9.17, 15) is 4.79 Å². The summed E-state index contributed by atoms with van der Waals surface area (Å²) in [7, 11) is 1.64. The van der Waals surface area contributed by atoms with Crippen LogP contribution in [0.3, 0.4) is 0 Å². The summed E-state index contributed by atoms with van der Waals surface area (Å²) in [5.41, 5.74) is 4.40. The summed E-state index contributed by atoms with van der Waals surface area (Å²) in [5.74, 6) is 0.472. The third-order valence-electron chi connectivity index (χ3n) is 4.24. The first-order chi connectivity index (χ1) is 12.5. The van der Waals surface area contributed by atoms with Gasteiger partial charge in [0.05, 0.1) is 25.0 Å². The van der Waals surface area contributed by atoms with Crippen molar-refractivity contribution in [2.75, 3.05) is 13.7 Å². The van der Waals surface area contributed by atoms with Gasteiger partial charge in [-0.3, -0.25) is 0 Å². The highest BCUT2D eigenvalue weighted by atomic mass is 16.5. The molecule has 0 aliphatic heterocycles. The van der Waals surface area contributed by atoms with Crippen LogP contribution in [0.15, 0.2) is 30.3 Å². The summed E-state index contributed by atoms with van der Waals surface area (Å²) < 4.78 is 12.5. The van der Waals surface area contributed by atoms with Gasteiger partial charge in [0.1, 0.15) is 5.75 Å². The molecule has 0 saturated heterocycles. The fourth-order valence-electron chi connectivity index (χ4n) is 3.03. The highest BCUT2D eigenvalue weighted by Crippen LogP contribution is 2.35. The second-order valence-corrected chi connectivity index (χ2v) is 6.34. The van der Waals surface area contributed by atoms with Crippen molar-refractivity contribution in [1.29, 1.82) is 0 Å². The van der Waals surface area contributed by atoms with Gasteiger partial charge in [0.2, 0.25) is 0 Å². The number of aryl methyl sites for hydroxylation is 1. The number of rotatable bonds is 5. The summed E-state index contributed by atoms with van der Waals surface area (Å²) in [6.45, 7) is 8.14. The van der Waals surface area contributed by atoms with E-state index in [0.717, 1.165) is 28.3 Å². The number of methoxy groups -OCH3 is 1. The minimum atomic E-state index is -0.429. The first kappa shape index (κ1) is 17.9. The van der Waals surface area contributed by atoms with Gasteiger partial charge in [0.15, 0.2) is 11.3 Å². The summed E-state index contributed by atoms with van der Waals surface area (Å²) in [5, 5.41) is 4.68. The van der Waals surface area contributed by atoms with Crippen molar-refractivity contribution in [1.82, 2.24) is 14.6 Å². The number of carbonyl (C=O) groups excluding carboxylic acids is 1. The van der Waals surface area contributed by atoms with Crippen LogP contribution in [0.2, 0.25) is 0 Å². The predicted octanol–water partition coefficient (Wildman–Crippen LogP) is 4.01. The lowest BCUT2D eigenvalue weighted by molar-refractivity contribution is 0.0519. The quantitative estimate of drug-likeness (QED) is 0.648. The van der Waals surface area contributed by atoms with Gasteiger partial charge >= 0.3 is 5.97 Å². The second-order valence-electron chi connectivity index (χ2n) is 6.34. The van der Waals surface area contributed by atoms with Crippen LogP contribution in [-0.4, -0.2) is 34.3 Å². The molecular formula is C20H23N3O3. The van der Waals surface area contributed by atoms with E-state index >= 15 is 0 Å². The molecule has 3 rings (SSSR count). The van der Waals surface area contributed by atoms with Crippen LogP contribution in [0.1, 0.15) is 48.6 Å². The minimum Gasteiger partial charge on any atom is -0.496 e. The molecule has 0 bridgehead atoms. The molecule has 136 valence electrons. The number of aromatic nitrogens is 3. The van der Waals surface area contributed by atoms with Crippen LogP contribution in [0.4, 0.5) is 0 Å². The summed E-state index contributed by atoms with van der Waals surface area (Å²) in [6, 6.07) is 9.49. The second kappa shape index (κ2) is 7.15. The van der Waals surface area contributed by atoms with E-state index in [1.807, 2.05) is 35.7 Å². The van der Waals surface area contributed by atoms with Crippen LogP contribution in [-0.2, 0) is 4.74 Å². The SMILES string of the molecule is CCOC(=O)c1cc(C(C)C)n2nc(C)c(-c3ccccc3OC)c2n1. The Labute approximate surface area is 152 Å². The molecule has 0 radical (unpaired) electrons. The molecule has 3 aromatic rings. The molecule has 0 aliphatic rings. The molecule has 6 heteroatoms. The molecule has 6 nitrogen and oxygen atoms in total. The van der Waals surface area contributed by atoms with Gasteiger partial charge < -0.3 is 9.47 Å². The normalized spacial score (nSPS) is 11.2. The maximum atomic E-state index is 12.3. The fourth-order valence-corrected chi connectivity index (χ4v) is 3.03. The van der Waals surface area contributed by atoms with Gasteiger partial charge in [0.25, 0.3) is 0 Å².